The van der Waals surface area contributed by atoms with Crippen LogP contribution in [0.4, 0.5) is 0 Å². The van der Waals surface area contributed by atoms with Crippen molar-refractivity contribution in [3.05, 3.63) is 0 Å². The van der Waals surface area contributed by atoms with E-state index in [4.69, 9.17) is 0 Å². The molecule has 1 atom stereocenters. The topological polar surface area (TPSA) is 12.0 Å². The van der Waals surface area contributed by atoms with Gasteiger partial charge in [-0.05, 0) is 37.0 Å². The molecule has 0 bridgehead atoms. The molecule has 1 heteroatoms. The van der Waals surface area contributed by atoms with Gasteiger partial charge in [-0.15, -0.1) is 0 Å². The molecule has 0 rings (SSSR count). The summed E-state index contributed by atoms with van der Waals surface area (Å²) < 4.78 is 0. The van der Waals surface area contributed by atoms with Gasteiger partial charge in [0, 0.05) is 12.1 Å². The Morgan fingerprint density at radius 1 is 0.812 bits per heavy atom. The van der Waals surface area contributed by atoms with Crippen LogP contribution in [0.25, 0.3) is 0 Å². The number of hydrogen-bond donors (Lipinski definition) is 1. The fourth-order valence-electron chi connectivity index (χ4n) is 1.97. The molecule has 0 aliphatic carbocycles. The minimum absolute atomic E-state index is 0.353. The lowest BCUT2D eigenvalue weighted by Gasteiger charge is -2.34. The molecule has 1 N–H and O–H groups in total. The van der Waals surface area contributed by atoms with E-state index in [-0.39, 0.29) is 0 Å². The third-order valence-electron chi connectivity index (χ3n) is 3.30. The first kappa shape index (κ1) is 16.0. The number of hydrogen-bond acceptors (Lipinski definition) is 1. The van der Waals surface area contributed by atoms with Crippen LogP contribution in [0.3, 0.4) is 0 Å². The van der Waals surface area contributed by atoms with Crippen LogP contribution in [-0.2, 0) is 0 Å². The van der Waals surface area contributed by atoms with E-state index >= 15 is 0 Å². The normalized spacial score (nSPS) is 15.2. The molecule has 0 saturated carbocycles. The van der Waals surface area contributed by atoms with Crippen LogP contribution >= 0.6 is 0 Å². The number of rotatable bonds is 6. The van der Waals surface area contributed by atoms with E-state index in [0.29, 0.717) is 17.5 Å². The van der Waals surface area contributed by atoms with E-state index in [1.165, 1.54) is 12.8 Å². The van der Waals surface area contributed by atoms with E-state index in [2.05, 4.69) is 60.7 Å². The third kappa shape index (κ3) is 7.27. The lowest BCUT2D eigenvalue weighted by atomic mass is 9.86. The second-order valence-corrected chi connectivity index (χ2v) is 7.21. The Morgan fingerprint density at radius 3 is 1.44 bits per heavy atom. The first-order chi connectivity index (χ1) is 7.12. The highest BCUT2D eigenvalue weighted by atomic mass is 15.0. The summed E-state index contributed by atoms with van der Waals surface area (Å²) in [6.07, 6.45) is 2.58. The van der Waals surface area contributed by atoms with Crippen LogP contribution in [0.1, 0.15) is 68.2 Å². The lowest BCUT2D eigenvalue weighted by molar-refractivity contribution is 0.234. The zero-order valence-corrected chi connectivity index (χ0v) is 12.7. The molecular formula is C15H33N. The molecule has 0 radical (unpaired) electrons. The molecule has 0 aliphatic heterocycles. The lowest BCUT2D eigenvalue weighted by Crippen LogP contribution is -2.44. The van der Waals surface area contributed by atoms with Crippen molar-refractivity contribution in [1.82, 2.24) is 5.32 Å². The zero-order valence-electron chi connectivity index (χ0n) is 12.7. The van der Waals surface area contributed by atoms with Crippen molar-refractivity contribution in [1.29, 1.82) is 0 Å². The Hall–Kier alpha value is -0.0400. The van der Waals surface area contributed by atoms with Crippen molar-refractivity contribution in [3.8, 4) is 0 Å². The highest BCUT2D eigenvalue weighted by Crippen LogP contribution is 2.22. The van der Waals surface area contributed by atoms with Crippen LogP contribution in [0.2, 0.25) is 0 Å². The zero-order chi connectivity index (χ0) is 12.9. The van der Waals surface area contributed by atoms with Crippen LogP contribution in [0.5, 0.6) is 0 Å². The second kappa shape index (κ2) is 6.64. The molecule has 0 spiro atoms. The van der Waals surface area contributed by atoms with E-state index in [0.717, 1.165) is 11.8 Å². The smallest absolute Gasteiger partial charge is 0.00898 e. The maximum Gasteiger partial charge on any atom is 0.00898 e. The van der Waals surface area contributed by atoms with Gasteiger partial charge in [-0.1, -0.05) is 48.5 Å². The van der Waals surface area contributed by atoms with Gasteiger partial charge in [0.2, 0.25) is 0 Å². The van der Waals surface area contributed by atoms with Crippen molar-refractivity contribution in [2.75, 3.05) is 0 Å². The summed E-state index contributed by atoms with van der Waals surface area (Å²) in [7, 11) is 0. The van der Waals surface area contributed by atoms with Crippen LogP contribution in [0.15, 0.2) is 0 Å². The first-order valence-corrected chi connectivity index (χ1v) is 6.89. The van der Waals surface area contributed by atoms with Gasteiger partial charge in [-0.2, -0.15) is 0 Å². The molecule has 0 aliphatic rings. The summed E-state index contributed by atoms with van der Waals surface area (Å²) in [6.45, 7) is 18.5. The fraction of sp³-hybridized carbons (Fsp3) is 1.00. The van der Waals surface area contributed by atoms with Gasteiger partial charge in [0.25, 0.3) is 0 Å². The van der Waals surface area contributed by atoms with Gasteiger partial charge in [0.05, 0.1) is 0 Å². The SMILES string of the molecule is CC(C)CC(CC(C)C)NC(C)C(C)(C)C. The molecule has 0 fully saturated rings. The summed E-state index contributed by atoms with van der Waals surface area (Å²) in [4.78, 5) is 0. The van der Waals surface area contributed by atoms with Crippen molar-refractivity contribution in [2.24, 2.45) is 17.3 Å². The highest BCUT2D eigenvalue weighted by molar-refractivity contribution is 4.81. The van der Waals surface area contributed by atoms with Gasteiger partial charge in [0.15, 0.2) is 0 Å². The Labute approximate surface area is 103 Å². The van der Waals surface area contributed by atoms with E-state index < -0.39 is 0 Å². The molecule has 1 nitrogen and oxygen atoms in total. The first-order valence-electron chi connectivity index (χ1n) is 6.89. The Kier molecular flexibility index (Phi) is 6.62. The largest absolute Gasteiger partial charge is 0.311 e. The summed E-state index contributed by atoms with van der Waals surface area (Å²) in [5.41, 5.74) is 0.353. The van der Waals surface area contributed by atoms with Gasteiger partial charge < -0.3 is 5.32 Å². The minimum Gasteiger partial charge on any atom is -0.311 e. The molecule has 0 aromatic rings. The molecule has 0 aromatic heterocycles. The molecule has 0 saturated heterocycles. The quantitative estimate of drug-likeness (QED) is 0.706. The van der Waals surface area contributed by atoms with Gasteiger partial charge in [0.1, 0.15) is 0 Å². The average Bonchev–Trinajstić information content (AvgIpc) is 1.98. The van der Waals surface area contributed by atoms with Gasteiger partial charge >= 0.3 is 0 Å². The summed E-state index contributed by atoms with van der Waals surface area (Å²) in [5, 5.41) is 3.82. The standard InChI is InChI=1S/C15H33N/c1-11(2)9-14(10-12(3)4)16-13(5)15(6,7)8/h11-14,16H,9-10H2,1-8H3. The molecule has 0 amide bonds. The predicted molar refractivity (Wildman–Crippen MR) is 74.8 cm³/mol. The van der Waals surface area contributed by atoms with Crippen molar-refractivity contribution < 1.29 is 0 Å². The average molecular weight is 227 g/mol. The summed E-state index contributed by atoms with van der Waals surface area (Å²) >= 11 is 0. The molecule has 0 heterocycles. The Bertz CT molecular complexity index is 166. The van der Waals surface area contributed by atoms with Gasteiger partial charge in [-0.3, -0.25) is 0 Å². The van der Waals surface area contributed by atoms with Crippen molar-refractivity contribution in [3.63, 3.8) is 0 Å². The van der Waals surface area contributed by atoms with Crippen LogP contribution in [0, 0.1) is 17.3 Å². The van der Waals surface area contributed by atoms with Crippen molar-refractivity contribution >= 4 is 0 Å². The highest BCUT2D eigenvalue weighted by Gasteiger charge is 2.23. The Balaban J connectivity index is 4.30. The third-order valence-corrected chi connectivity index (χ3v) is 3.30. The fourth-order valence-corrected chi connectivity index (χ4v) is 1.97. The van der Waals surface area contributed by atoms with Crippen molar-refractivity contribution in [2.45, 2.75) is 80.3 Å². The summed E-state index contributed by atoms with van der Waals surface area (Å²) in [6, 6.07) is 1.25. The number of nitrogens with one attached hydrogen (secondary N) is 1. The molecular weight excluding hydrogens is 194 g/mol. The maximum absolute atomic E-state index is 3.82. The van der Waals surface area contributed by atoms with E-state index in [1.54, 1.807) is 0 Å². The molecule has 16 heavy (non-hydrogen) atoms. The minimum atomic E-state index is 0.353. The molecule has 1 unspecified atom stereocenters. The maximum atomic E-state index is 3.82. The van der Waals surface area contributed by atoms with Crippen LogP contribution < -0.4 is 5.32 Å². The second-order valence-electron chi connectivity index (χ2n) is 7.21. The van der Waals surface area contributed by atoms with Gasteiger partial charge in [-0.25, -0.2) is 0 Å². The monoisotopic (exact) mass is 227 g/mol. The Morgan fingerprint density at radius 2 is 1.19 bits per heavy atom. The van der Waals surface area contributed by atoms with E-state index in [9.17, 15) is 0 Å². The predicted octanol–water partition coefficient (Wildman–Crippen LogP) is 4.47. The summed E-state index contributed by atoms with van der Waals surface area (Å²) in [5.74, 6) is 1.56. The van der Waals surface area contributed by atoms with Crippen LogP contribution in [-0.4, -0.2) is 12.1 Å². The van der Waals surface area contributed by atoms with E-state index in [1.807, 2.05) is 0 Å². The molecule has 98 valence electrons. The molecule has 0 aromatic carbocycles.